The summed E-state index contributed by atoms with van der Waals surface area (Å²) in [6, 6.07) is 20.0. The summed E-state index contributed by atoms with van der Waals surface area (Å²) in [5.41, 5.74) is 5.01. The van der Waals surface area contributed by atoms with E-state index in [1.165, 1.54) is 30.9 Å². The lowest BCUT2D eigenvalue weighted by molar-refractivity contribution is -0.136. The molecule has 2 aliphatic heterocycles. The van der Waals surface area contributed by atoms with Crippen LogP contribution < -0.4 is 26.2 Å². The van der Waals surface area contributed by atoms with Crippen molar-refractivity contribution in [3.8, 4) is 0 Å². The number of amides is 6. The van der Waals surface area contributed by atoms with Crippen LogP contribution in [-0.4, -0.2) is 78.6 Å². The summed E-state index contributed by atoms with van der Waals surface area (Å²) in [5, 5.41) is 12.3. The average molecular weight is 774 g/mol. The highest BCUT2D eigenvalue weighted by Crippen LogP contribution is 2.34. The van der Waals surface area contributed by atoms with Gasteiger partial charge in [-0.05, 0) is 67.6 Å². The Morgan fingerprint density at radius 2 is 1.58 bits per heavy atom. The van der Waals surface area contributed by atoms with Crippen molar-refractivity contribution in [1.29, 1.82) is 0 Å². The SMILES string of the molecule is CNC(=O)c1cnc2ccc(CCCCCCCCCCCNC(=O)CN(C)c3cccc4c3C(=O)N(C3CCC(=O)NC3=O)C4=O)cc2c1Nc1ccccc1. The van der Waals surface area contributed by atoms with Crippen molar-refractivity contribution in [2.75, 3.05) is 37.4 Å². The summed E-state index contributed by atoms with van der Waals surface area (Å²) in [7, 11) is 3.31. The highest BCUT2D eigenvalue weighted by atomic mass is 16.2. The van der Waals surface area contributed by atoms with Gasteiger partial charge in [0.25, 0.3) is 17.7 Å². The highest BCUT2D eigenvalue weighted by Gasteiger charge is 2.46. The van der Waals surface area contributed by atoms with Gasteiger partial charge in [0, 0.05) is 44.3 Å². The van der Waals surface area contributed by atoms with Crippen LogP contribution in [0.1, 0.15) is 107 Å². The molecule has 4 N–H and O–H groups in total. The molecule has 0 spiro atoms. The van der Waals surface area contributed by atoms with Crippen LogP contribution in [-0.2, 0) is 20.8 Å². The number of benzene rings is 3. The van der Waals surface area contributed by atoms with E-state index in [4.69, 9.17) is 0 Å². The van der Waals surface area contributed by atoms with Crippen molar-refractivity contribution in [1.82, 2.24) is 25.8 Å². The molecule has 1 fully saturated rings. The third kappa shape index (κ3) is 9.83. The summed E-state index contributed by atoms with van der Waals surface area (Å²) in [4.78, 5) is 83.2. The van der Waals surface area contributed by atoms with E-state index in [0.29, 0.717) is 17.8 Å². The summed E-state index contributed by atoms with van der Waals surface area (Å²) < 4.78 is 0. The van der Waals surface area contributed by atoms with Crippen LogP contribution in [0.5, 0.6) is 0 Å². The average Bonchev–Trinajstić information content (AvgIpc) is 3.47. The van der Waals surface area contributed by atoms with Crippen molar-refractivity contribution < 1.29 is 28.8 Å². The van der Waals surface area contributed by atoms with Gasteiger partial charge in [-0.2, -0.15) is 0 Å². The second-order valence-corrected chi connectivity index (χ2v) is 14.8. The number of fused-ring (bicyclic) bond motifs is 2. The Labute approximate surface area is 333 Å². The van der Waals surface area contributed by atoms with Crippen LogP contribution in [0.4, 0.5) is 17.1 Å². The molecule has 13 heteroatoms. The van der Waals surface area contributed by atoms with Crippen LogP contribution in [0.15, 0.2) is 72.9 Å². The Balaban J connectivity index is 0.860. The number of aryl methyl sites for hydroxylation is 1. The number of aromatic nitrogens is 1. The molecule has 6 amide bonds. The van der Waals surface area contributed by atoms with E-state index in [0.717, 1.165) is 72.1 Å². The van der Waals surface area contributed by atoms with Gasteiger partial charge >= 0.3 is 0 Å². The molecule has 4 aromatic rings. The number of pyridine rings is 1. The predicted octanol–water partition coefficient (Wildman–Crippen LogP) is 6.05. The number of unbranched alkanes of at least 4 members (excludes halogenated alkanes) is 8. The number of likely N-dealkylation sites (N-methyl/N-ethyl adjacent to an activating group) is 1. The molecule has 1 saturated heterocycles. The molecule has 2 aliphatic rings. The first-order chi connectivity index (χ1) is 27.7. The largest absolute Gasteiger partial charge is 0.365 e. The maximum atomic E-state index is 13.4. The van der Waals surface area contributed by atoms with Gasteiger partial charge in [0.05, 0.1) is 40.1 Å². The molecule has 3 heterocycles. The van der Waals surface area contributed by atoms with Gasteiger partial charge in [0.1, 0.15) is 6.04 Å². The van der Waals surface area contributed by atoms with Gasteiger partial charge in [0.15, 0.2) is 0 Å². The van der Waals surface area contributed by atoms with E-state index in [2.05, 4.69) is 38.4 Å². The zero-order valence-corrected chi connectivity index (χ0v) is 32.7. The summed E-state index contributed by atoms with van der Waals surface area (Å²) in [5.74, 6) is -2.64. The standard InChI is InChI=1S/C44H51N7O6/c1-45-41(54)33-27-47-34-22-21-29(26-32(34)40(33)48-30-17-12-10-13-18-30)16-11-8-6-4-3-5-7-9-14-25-46-38(53)28-50(2)35-20-15-19-31-39(35)44(57)51(43(31)56)36-23-24-37(52)49-42(36)55/h10,12-13,15,17-22,26-27,36H,3-9,11,14,16,23-25,28H2,1-2H3,(H,45,54)(H,46,53)(H,47,48)(H,49,52,55). The molecule has 0 bridgehead atoms. The maximum Gasteiger partial charge on any atom is 0.264 e. The number of anilines is 3. The van der Waals surface area contributed by atoms with Crippen LogP contribution >= 0.6 is 0 Å². The minimum absolute atomic E-state index is 0.000468. The summed E-state index contributed by atoms with van der Waals surface area (Å²) in [6.45, 7) is 0.557. The molecule has 0 radical (unpaired) electrons. The number of nitrogens with one attached hydrogen (secondary N) is 4. The fourth-order valence-corrected chi connectivity index (χ4v) is 7.59. The van der Waals surface area contributed by atoms with Crippen LogP contribution in [0, 0.1) is 0 Å². The molecule has 1 aromatic heterocycles. The summed E-state index contributed by atoms with van der Waals surface area (Å²) >= 11 is 0. The minimum Gasteiger partial charge on any atom is -0.365 e. The molecule has 57 heavy (non-hydrogen) atoms. The Morgan fingerprint density at radius 3 is 2.30 bits per heavy atom. The second-order valence-electron chi connectivity index (χ2n) is 14.8. The maximum absolute atomic E-state index is 13.4. The first-order valence-corrected chi connectivity index (χ1v) is 19.9. The van der Waals surface area contributed by atoms with E-state index in [1.807, 2.05) is 36.4 Å². The van der Waals surface area contributed by atoms with Crippen molar-refractivity contribution in [2.24, 2.45) is 0 Å². The lowest BCUT2D eigenvalue weighted by Gasteiger charge is -2.28. The van der Waals surface area contributed by atoms with Crippen molar-refractivity contribution in [3.05, 3.63) is 95.2 Å². The van der Waals surface area contributed by atoms with Gasteiger partial charge in [-0.3, -0.25) is 44.0 Å². The third-order valence-corrected chi connectivity index (χ3v) is 10.6. The van der Waals surface area contributed by atoms with Gasteiger partial charge in [-0.1, -0.05) is 75.3 Å². The van der Waals surface area contributed by atoms with Gasteiger partial charge < -0.3 is 20.9 Å². The first kappa shape index (κ1) is 40.6. The highest BCUT2D eigenvalue weighted by molar-refractivity contribution is 6.25. The molecular weight excluding hydrogens is 723 g/mol. The predicted molar refractivity (Wildman–Crippen MR) is 220 cm³/mol. The molecule has 6 rings (SSSR count). The molecule has 0 saturated carbocycles. The number of carbonyl (C=O) groups excluding carboxylic acids is 6. The first-order valence-electron chi connectivity index (χ1n) is 19.9. The number of para-hydroxylation sites is 1. The number of rotatable bonds is 19. The van der Waals surface area contributed by atoms with Crippen LogP contribution in [0.2, 0.25) is 0 Å². The van der Waals surface area contributed by atoms with Gasteiger partial charge in [-0.15, -0.1) is 0 Å². The van der Waals surface area contributed by atoms with Crippen LogP contribution in [0.3, 0.4) is 0 Å². The lowest BCUT2D eigenvalue weighted by Crippen LogP contribution is -2.54. The van der Waals surface area contributed by atoms with E-state index in [9.17, 15) is 28.8 Å². The smallest absolute Gasteiger partial charge is 0.264 e. The van der Waals surface area contributed by atoms with E-state index in [-0.39, 0.29) is 42.3 Å². The van der Waals surface area contributed by atoms with E-state index in [1.54, 1.807) is 37.3 Å². The Kier molecular flexibility index (Phi) is 13.6. The van der Waals surface area contributed by atoms with Gasteiger partial charge in [0.2, 0.25) is 17.7 Å². The summed E-state index contributed by atoms with van der Waals surface area (Å²) in [6.07, 6.45) is 12.7. The van der Waals surface area contributed by atoms with E-state index >= 15 is 0 Å². The normalized spacial score (nSPS) is 15.1. The molecule has 13 nitrogen and oxygen atoms in total. The van der Waals surface area contributed by atoms with Crippen molar-refractivity contribution >= 4 is 63.4 Å². The monoisotopic (exact) mass is 773 g/mol. The number of carbonyl (C=O) groups is 6. The fourth-order valence-electron chi connectivity index (χ4n) is 7.59. The quantitative estimate of drug-likeness (QED) is 0.0655. The Morgan fingerprint density at radius 1 is 0.860 bits per heavy atom. The number of imide groups is 2. The lowest BCUT2D eigenvalue weighted by atomic mass is 10.0. The van der Waals surface area contributed by atoms with Gasteiger partial charge in [-0.25, -0.2) is 0 Å². The zero-order chi connectivity index (χ0) is 40.3. The molecule has 3 aromatic carbocycles. The van der Waals surface area contributed by atoms with E-state index < -0.39 is 29.7 Å². The molecule has 298 valence electrons. The number of nitrogens with zero attached hydrogens (tertiary/aromatic N) is 3. The molecular formula is C44H51N7O6. The Hall–Kier alpha value is -6.11. The molecule has 1 unspecified atom stereocenters. The second kappa shape index (κ2) is 19.2. The Bertz CT molecular complexity index is 2140. The molecule has 1 atom stereocenters. The minimum atomic E-state index is -1.05. The fraction of sp³-hybridized carbons (Fsp3) is 0.386. The van der Waals surface area contributed by atoms with Crippen LogP contribution in [0.25, 0.3) is 10.9 Å². The number of piperidine rings is 1. The number of hydrogen-bond acceptors (Lipinski definition) is 9. The topological polar surface area (TPSA) is 170 Å². The zero-order valence-electron chi connectivity index (χ0n) is 32.7. The third-order valence-electron chi connectivity index (χ3n) is 10.6. The van der Waals surface area contributed by atoms with Crippen molar-refractivity contribution in [3.63, 3.8) is 0 Å². The van der Waals surface area contributed by atoms with Crippen molar-refractivity contribution in [2.45, 2.75) is 83.1 Å². The molecule has 0 aliphatic carbocycles. The number of hydrogen-bond donors (Lipinski definition) is 4.